The van der Waals surface area contributed by atoms with Gasteiger partial charge < -0.3 is 20.3 Å². The van der Waals surface area contributed by atoms with Gasteiger partial charge >= 0.3 is 0 Å². The zero-order valence-corrected chi connectivity index (χ0v) is 9.30. The Balaban J connectivity index is 2.42. The molecule has 0 radical (unpaired) electrons. The summed E-state index contributed by atoms with van der Waals surface area (Å²) in [6.07, 6.45) is -0.575. The SMILES string of the molecule is C[C@@H]([NH2+]CCC(=O)[O-])[C@H](O)c1ccccc1. The van der Waals surface area contributed by atoms with Crippen LogP contribution in [0.1, 0.15) is 25.0 Å². The number of quaternary nitrogens is 1. The highest BCUT2D eigenvalue weighted by Gasteiger charge is 2.18. The summed E-state index contributed by atoms with van der Waals surface area (Å²) in [5.74, 6) is -1.06. The molecule has 0 saturated carbocycles. The lowest BCUT2D eigenvalue weighted by molar-refractivity contribution is -0.694. The fourth-order valence-electron chi connectivity index (χ4n) is 1.55. The van der Waals surface area contributed by atoms with E-state index in [1.54, 1.807) is 0 Å². The molecular formula is C12H17NO3. The molecule has 0 saturated heterocycles. The third-order valence-corrected chi connectivity index (χ3v) is 2.53. The second-order valence-corrected chi connectivity index (χ2v) is 3.86. The average molecular weight is 223 g/mol. The Kier molecular flexibility index (Phi) is 4.95. The summed E-state index contributed by atoms with van der Waals surface area (Å²) in [6, 6.07) is 9.27. The quantitative estimate of drug-likeness (QED) is 0.637. The van der Waals surface area contributed by atoms with E-state index < -0.39 is 12.1 Å². The normalized spacial score (nSPS) is 14.4. The van der Waals surface area contributed by atoms with Gasteiger partial charge in [-0.25, -0.2) is 0 Å². The van der Waals surface area contributed by atoms with Crippen molar-refractivity contribution in [3.8, 4) is 0 Å². The largest absolute Gasteiger partial charge is 0.550 e. The Bertz CT molecular complexity index is 326. The molecule has 0 fully saturated rings. The van der Waals surface area contributed by atoms with Crippen LogP contribution >= 0.6 is 0 Å². The minimum absolute atomic E-state index is 0.00580. The van der Waals surface area contributed by atoms with E-state index in [4.69, 9.17) is 0 Å². The molecule has 88 valence electrons. The number of hydrogen-bond acceptors (Lipinski definition) is 3. The second-order valence-electron chi connectivity index (χ2n) is 3.86. The fraction of sp³-hybridized carbons (Fsp3) is 0.417. The summed E-state index contributed by atoms with van der Waals surface area (Å²) in [5.41, 5.74) is 0.847. The molecule has 1 aromatic rings. The van der Waals surface area contributed by atoms with Crippen LogP contribution < -0.4 is 10.4 Å². The number of rotatable bonds is 6. The van der Waals surface area contributed by atoms with Gasteiger partial charge in [-0.05, 0) is 12.5 Å². The topological polar surface area (TPSA) is 77.0 Å². The lowest BCUT2D eigenvalue weighted by Crippen LogP contribution is -2.90. The Morgan fingerprint density at radius 3 is 2.62 bits per heavy atom. The molecule has 2 atom stereocenters. The van der Waals surface area contributed by atoms with Gasteiger partial charge in [0, 0.05) is 12.4 Å². The van der Waals surface area contributed by atoms with Crippen molar-refractivity contribution in [1.29, 1.82) is 0 Å². The number of aliphatic hydroxyl groups excluding tert-OH is 1. The molecule has 0 bridgehead atoms. The highest BCUT2D eigenvalue weighted by atomic mass is 16.4. The number of carboxylic acids is 1. The van der Waals surface area contributed by atoms with Crippen molar-refractivity contribution < 1.29 is 20.3 Å². The maximum Gasteiger partial charge on any atom is 0.130 e. The summed E-state index contributed by atoms with van der Waals surface area (Å²) >= 11 is 0. The molecule has 0 aliphatic carbocycles. The van der Waals surface area contributed by atoms with Crippen LogP contribution in [0.3, 0.4) is 0 Å². The molecule has 1 aromatic carbocycles. The van der Waals surface area contributed by atoms with Crippen molar-refractivity contribution >= 4 is 5.97 Å². The molecule has 4 heteroatoms. The van der Waals surface area contributed by atoms with Crippen LogP contribution in [0, 0.1) is 0 Å². The highest BCUT2D eigenvalue weighted by molar-refractivity contribution is 5.64. The summed E-state index contributed by atoms with van der Waals surface area (Å²) < 4.78 is 0. The first-order valence-electron chi connectivity index (χ1n) is 5.37. The van der Waals surface area contributed by atoms with Crippen LogP contribution in [0.5, 0.6) is 0 Å². The van der Waals surface area contributed by atoms with E-state index in [9.17, 15) is 15.0 Å². The van der Waals surface area contributed by atoms with Crippen molar-refractivity contribution in [2.24, 2.45) is 0 Å². The average Bonchev–Trinajstić information content (AvgIpc) is 2.28. The first kappa shape index (κ1) is 12.7. The molecule has 0 unspecified atom stereocenters. The number of carbonyl (C=O) groups is 1. The number of benzene rings is 1. The fourth-order valence-corrected chi connectivity index (χ4v) is 1.55. The van der Waals surface area contributed by atoms with Crippen molar-refractivity contribution in [1.82, 2.24) is 0 Å². The van der Waals surface area contributed by atoms with Gasteiger partial charge in [-0.3, -0.25) is 0 Å². The zero-order chi connectivity index (χ0) is 12.0. The molecule has 0 aromatic heterocycles. The maximum absolute atomic E-state index is 10.2. The Hall–Kier alpha value is -1.39. The van der Waals surface area contributed by atoms with Crippen LogP contribution in [-0.4, -0.2) is 23.7 Å². The summed E-state index contributed by atoms with van der Waals surface area (Å²) in [7, 11) is 0. The van der Waals surface area contributed by atoms with E-state index in [-0.39, 0.29) is 12.5 Å². The first-order valence-corrected chi connectivity index (χ1v) is 5.37. The third-order valence-electron chi connectivity index (χ3n) is 2.53. The van der Waals surface area contributed by atoms with Gasteiger partial charge in [0.15, 0.2) is 0 Å². The van der Waals surface area contributed by atoms with Gasteiger partial charge in [0.2, 0.25) is 0 Å². The molecule has 0 aliphatic rings. The van der Waals surface area contributed by atoms with Gasteiger partial charge in [-0.15, -0.1) is 0 Å². The predicted molar refractivity (Wildman–Crippen MR) is 57.3 cm³/mol. The molecule has 0 spiro atoms. The number of carboxylic acid groups (broad SMARTS) is 1. The van der Waals surface area contributed by atoms with E-state index in [2.05, 4.69) is 0 Å². The van der Waals surface area contributed by atoms with Crippen LogP contribution in [0.2, 0.25) is 0 Å². The van der Waals surface area contributed by atoms with Crippen molar-refractivity contribution in [2.75, 3.05) is 6.54 Å². The number of nitrogens with two attached hydrogens (primary N) is 1. The smallest absolute Gasteiger partial charge is 0.130 e. The van der Waals surface area contributed by atoms with Gasteiger partial charge in [0.1, 0.15) is 12.1 Å². The zero-order valence-electron chi connectivity index (χ0n) is 9.30. The number of hydrogen-bond donors (Lipinski definition) is 2. The van der Waals surface area contributed by atoms with E-state index in [1.807, 2.05) is 42.6 Å². The predicted octanol–water partition coefficient (Wildman–Crippen LogP) is -1.19. The molecule has 3 N–H and O–H groups in total. The number of carbonyl (C=O) groups excluding carboxylic acids is 1. The molecule has 0 amide bonds. The van der Waals surface area contributed by atoms with Crippen LogP contribution in [0.15, 0.2) is 30.3 Å². The van der Waals surface area contributed by atoms with Crippen LogP contribution in [0.4, 0.5) is 0 Å². The lowest BCUT2D eigenvalue weighted by atomic mass is 10.0. The molecule has 0 aliphatic heterocycles. The minimum atomic E-state index is -1.06. The molecule has 4 nitrogen and oxygen atoms in total. The number of aliphatic hydroxyl groups is 1. The van der Waals surface area contributed by atoms with Crippen molar-refractivity contribution in [3.05, 3.63) is 35.9 Å². The van der Waals surface area contributed by atoms with Crippen LogP contribution in [0.25, 0.3) is 0 Å². The Morgan fingerprint density at radius 1 is 1.44 bits per heavy atom. The van der Waals surface area contributed by atoms with Crippen molar-refractivity contribution in [2.45, 2.75) is 25.5 Å². The van der Waals surface area contributed by atoms with Gasteiger partial charge in [-0.2, -0.15) is 0 Å². The summed E-state index contributed by atoms with van der Waals surface area (Å²) in [5, 5.41) is 22.0. The van der Waals surface area contributed by atoms with Gasteiger partial charge in [-0.1, -0.05) is 30.3 Å². The lowest BCUT2D eigenvalue weighted by Gasteiger charge is -2.17. The van der Waals surface area contributed by atoms with E-state index in [0.717, 1.165) is 5.56 Å². The summed E-state index contributed by atoms with van der Waals surface area (Å²) in [4.78, 5) is 10.2. The first-order chi connectivity index (χ1) is 7.61. The third kappa shape index (κ3) is 4.00. The van der Waals surface area contributed by atoms with Crippen molar-refractivity contribution in [3.63, 3.8) is 0 Å². The second kappa shape index (κ2) is 6.25. The minimum Gasteiger partial charge on any atom is -0.550 e. The molecule has 1 rings (SSSR count). The Morgan fingerprint density at radius 2 is 2.06 bits per heavy atom. The van der Waals surface area contributed by atoms with E-state index >= 15 is 0 Å². The van der Waals surface area contributed by atoms with Gasteiger partial charge in [0.05, 0.1) is 6.54 Å². The monoisotopic (exact) mass is 223 g/mol. The maximum atomic E-state index is 10.2. The number of aliphatic carboxylic acids is 1. The molecular weight excluding hydrogens is 206 g/mol. The standard InChI is InChI=1S/C12H17NO3/c1-9(13-8-7-11(14)15)12(16)10-5-3-2-4-6-10/h2-6,9,12-13,16H,7-8H2,1H3,(H,14,15)/t9-,12+/m1/s1. The molecule has 16 heavy (non-hydrogen) atoms. The summed E-state index contributed by atoms with van der Waals surface area (Å²) in [6.45, 7) is 2.29. The van der Waals surface area contributed by atoms with Gasteiger partial charge in [0.25, 0.3) is 0 Å². The van der Waals surface area contributed by atoms with Crippen LogP contribution in [-0.2, 0) is 4.79 Å². The molecule has 0 heterocycles. The van der Waals surface area contributed by atoms with E-state index in [1.165, 1.54) is 0 Å². The Labute approximate surface area is 94.9 Å². The highest BCUT2D eigenvalue weighted by Crippen LogP contribution is 2.13. The van der Waals surface area contributed by atoms with E-state index in [0.29, 0.717) is 6.54 Å².